The summed E-state index contributed by atoms with van der Waals surface area (Å²) in [4.78, 5) is 0. The van der Waals surface area contributed by atoms with Crippen molar-refractivity contribution in [3.63, 3.8) is 0 Å². The fourth-order valence-corrected chi connectivity index (χ4v) is 10.2. The second-order valence-electron chi connectivity index (χ2n) is 9.93. The van der Waals surface area contributed by atoms with Crippen LogP contribution in [0.4, 0.5) is 0 Å². The minimum absolute atomic E-state index is 0.296. The Morgan fingerprint density at radius 2 is 1.48 bits per heavy atom. The van der Waals surface area contributed by atoms with E-state index in [0.717, 1.165) is 6.42 Å². The van der Waals surface area contributed by atoms with Crippen molar-refractivity contribution in [3.05, 3.63) is 63.7 Å². The monoisotopic (exact) mass is 533 g/mol. The molecule has 1 aliphatic carbocycles. The molecule has 0 amide bonds. The molecule has 0 spiro atoms. The van der Waals surface area contributed by atoms with E-state index in [4.69, 9.17) is 17.0 Å². The second kappa shape index (κ2) is 10.7. The van der Waals surface area contributed by atoms with Gasteiger partial charge in [-0.3, -0.25) is 0 Å². The van der Waals surface area contributed by atoms with Gasteiger partial charge in [0.2, 0.25) is 0 Å². The molecule has 3 rings (SSSR count). The number of hydrogen-bond acceptors (Lipinski definition) is 0. The van der Waals surface area contributed by atoms with Crippen LogP contribution in [0.3, 0.4) is 0 Å². The van der Waals surface area contributed by atoms with Crippen LogP contribution in [0.1, 0.15) is 117 Å². The van der Waals surface area contributed by atoms with Gasteiger partial charge in [-0.1, -0.05) is 0 Å². The molecule has 1 unspecified atom stereocenters. The summed E-state index contributed by atoms with van der Waals surface area (Å²) in [7, 11) is 13.5. The number of hydrogen-bond donors (Lipinski definition) is 0. The average molecular weight is 536 g/mol. The standard InChI is InChI=1S/C28H37.2ClH.Zr/c1-8-9-10-21-13-22-11-12-26(20(6)7)28(27(22)14-21)25-16-23(18(2)3)15-24(17-25)19(4)5;;;/h11-20H,8-10H2,1-7H3;2*1H;/q;;;+2/p-2. The Kier molecular flexibility index (Phi) is 8.73. The molecule has 0 nitrogen and oxygen atoms in total. The number of fused-ring (bicyclic) bond motifs is 1. The first-order valence-electron chi connectivity index (χ1n) is 11.9. The van der Waals surface area contributed by atoms with Gasteiger partial charge in [-0.25, -0.2) is 0 Å². The summed E-state index contributed by atoms with van der Waals surface area (Å²) in [5.74, 6) is 1.47. The molecular formula is C28H37Cl2Zr. The van der Waals surface area contributed by atoms with Crippen molar-refractivity contribution in [2.75, 3.05) is 0 Å². The molecule has 1 aliphatic rings. The van der Waals surface area contributed by atoms with Crippen LogP contribution in [0.2, 0.25) is 0 Å². The Labute approximate surface area is 205 Å². The fraction of sp³-hybridized carbons (Fsp3) is 0.500. The number of unbranched alkanes of at least 4 members (excludes halogenated alkanes) is 1. The summed E-state index contributed by atoms with van der Waals surface area (Å²) in [6, 6.07) is 11.9. The Morgan fingerprint density at radius 3 is 1.97 bits per heavy atom. The number of allylic oxidation sites excluding steroid dienone is 1. The number of rotatable bonds is 8. The number of halogens is 2. The van der Waals surface area contributed by atoms with Gasteiger partial charge in [-0.2, -0.15) is 0 Å². The summed E-state index contributed by atoms with van der Waals surface area (Å²) in [5, 5.41) is 0. The van der Waals surface area contributed by atoms with Gasteiger partial charge in [0.1, 0.15) is 0 Å². The molecule has 0 N–H and O–H groups in total. The molecule has 2 aromatic carbocycles. The van der Waals surface area contributed by atoms with Gasteiger partial charge in [0.05, 0.1) is 0 Å². The maximum atomic E-state index is 6.74. The van der Waals surface area contributed by atoms with E-state index in [9.17, 15) is 0 Å². The molecule has 1 atom stereocenters. The number of benzene rings is 2. The normalized spacial score (nSPS) is 15.7. The van der Waals surface area contributed by atoms with E-state index in [-0.39, 0.29) is 0 Å². The first-order chi connectivity index (χ1) is 14.6. The fourth-order valence-electron chi connectivity index (χ4n) is 4.67. The van der Waals surface area contributed by atoms with Gasteiger partial charge in [0, 0.05) is 0 Å². The van der Waals surface area contributed by atoms with Crippen molar-refractivity contribution in [2.24, 2.45) is 0 Å². The van der Waals surface area contributed by atoms with E-state index in [1.807, 2.05) is 0 Å². The third-order valence-electron chi connectivity index (χ3n) is 6.58. The molecule has 0 radical (unpaired) electrons. The van der Waals surface area contributed by atoms with Crippen LogP contribution in [0.5, 0.6) is 0 Å². The first kappa shape index (κ1) is 25.3. The summed E-state index contributed by atoms with van der Waals surface area (Å²) in [5.41, 5.74) is 11.3. The average Bonchev–Trinajstić information content (AvgIpc) is 3.09. The molecule has 0 fully saturated rings. The van der Waals surface area contributed by atoms with Crippen LogP contribution in [0.15, 0.2) is 35.9 Å². The SMILES string of the molecule is CCCCC1=Cc2c(ccc(C(C)C)c2-c2cc(C(C)C)cc(C(C)C)c2)[CH]1[Zr]([Cl])[Cl]. The summed E-state index contributed by atoms with van der Waals surface area (Å²) >= 11 is -2.50. The Hall–Kier alpha value is -0.357. The molecule has 3 heteroatoms. The van der Waals surface area contributed by atoms with Crippen molar-refractivity contribution in [1.29, 1.82) is 0 Å². The summed E-state index contributed by atoms with van der Waals surface area (Å²) < 4.78 is 0.296. The van der Waals surface area contributed by atoms with Crippen LogP contribution in [-0.2, 0) is 19.4 Å². The van der Waals surface area contributed by atoms with Crippen molar-refractivity contribution in [3.8, 4) is 11.1 Å². The molecule has 0 aliphatic heterocycles. The van der Waals surface area contributed by atoms with Gasteiger partial charge in [-0.05, 0) is 0 Å². The molecule has 167 valence electrons. The van der Waals surface area contributed by atoms with E-state index < -0.39 is 19.4 Å². The third-order valence-corrected chi connectivity index (χ3v) is 11.9. The van der Waals surface area contributed by atoms with E-state index >= 15 is 0 Å². The van der Waals surface area contributed by atoms with Crippen LogP contribution in [-0.4, -0.2) is 0 Å². The Bertz CT molecular complexity index is 927. The van der Waals surface area contributed by atoms with Gasteiger partial charge in [0.25, 0.3) is 0 Å². The molecule has 2 aromatic rings. The van der Waals surface area contributed by atoms with E-state index in [2.05, 4.69) is 84.9 Å². The van der Waals surface area contributed by atoms with Gasteiger partial charge >= 0.3 is 206 Å². The van der Waals surface area contributed by atoms with Crippen molar-refractivity contribution < 1.29 is 19.4 Å². The molecule has 0 heterocycles. The molecule has 0 saturated heterocycles. The molecule has 31 heavy (non-hydrogen) atoms. The van der Waals surface area contributed by atoms with Crippen LogP contribution < -0.4 is 0 Å². The molecule has 0 saturated carbocycles. The van der Waals surface area contributed by atoms with Crippen LogP contribution in [0, 0.1) is 0 Å². The molecule has 0 aromatic heterocycles. The zero-order chi connectivity index (χ0) is 22.9. The topological polar surface area (TPSA) is 0 Å². The predicted molar refractivity (Wildman–Crippen MR) is 136 cm³/mol. The zero-order valence-electron chi connectivity index (χ0n) is 20.2. The Balaban J connectivity index is 2.30. The molecular weight excluding hydrogens is 498 g/mol. The summed E-state index contributed by atoms with van der Waals surface area (Å²) in [6.07, 6.45) is 5.97. The van der Waals surface area contributed by atoms with Crippen molar-refractivity contribution in [1.82, 2.24) is 0 Å². The van der Waals surface area contributed by atoms with E-state index in [1.165, 1.54) is 57.4 Å². The van der Waals surface area contributed by atoms with Gasteiger partial charge in [-0.15, -0.1) is 0 Å². The second-order valence-corrected chi connectivity index (χ2v) is 18.7. The van der Waals surface area contributed by atoms with E-state index in [0.29, 0.717) is 21.4 Å². The van der Waals surface area contributed by atoms with Gasteiger partial charge in [0.15, 0.2) is 0 Å². The van der Waals surface area contributed by atoms with Crippen LogP contribution in [0.25, 0.3) is 17.2 Å². The maximum absolute atomic E-state index is 6.74. The van der Waals surface area contributed by atoms with Crippen molar-refractivity contribution in [2.45, 2.75) is 89.1 Å². The van der Waals surface area contributed by atoms with Crippen molar-refractivity contribution >= 4 is 23.1 Å². The predicted octanol–water partition coefficient (Wildman–Crippen LogP) is 10.3. The third kappa shape index (κ3) is 5.42. The van der Waals surface area contributed by atoms with Gasteiger partial charge < -0.3 is 0 Å². The molecule has 0 bridgehead atoms. The zero-order valence-corrected chi connectivity index (χ0v) is 24.1. The quantitative estimate of drug-likeness (QED) is 0.315. The Morgan fingerprint density at radius 1 is 0.871 bits per heavy atom. The summed E-state index contributed by atoms with van der Waals surface area (Å²) in [6.45, 7) is 16.0. The first-order valence-corrected chi connectivity index (χ1v) is 19.6. The minimum atomic E-state index is -2.50. The van der Waals surface area contributed by atoms with E-state index in [1.54, 1.807) is 0 Å². The van der Waals surface area contributed by atoms with Crippen LogP contribution >= 0.6 is 17.0 Å².